The van der Waals surface area contributed by atoms with Gasteiger partial charge in [0.05, 0.1) is 18.3 Å². The van der Waals surface area contributed by atoms with E-state index >= 15 is 0 Å². The SMILES string of the molecule is COc1cc(C)c(S(=O)(=O)NCCN(C(C)C)S(C)(=O)=O)cc1C. The molecular weight excluding hydrogens is 352 g/mol. The van der Waals surface area contributed by atoms with Crippen molar-refractivity contribution in [2.24, 2.45) is 0 Å². The summed E-state index contributed by atoms with van der Waals surface area (Å²) < 4.78 is 57.3. The molecule has 0 fully saturated rings. The molecular formula is C15H26N2O5S2. The Labute approximate surface area is 145 Å². The molecule has 0 heterocycles. The number of hydrogen-bond donors (Lipinski definition) is 1. The predicted molar refractivity (Wildman–Crippen MR) is 94.3 cm³/mol. The molecule has 0 unspecified atom stereocenters. The molecule has 1 aromatic carbocycles. The highest BCUT2D eigenvalue weighted by Gasteiger charge is 2.22. The second-order valence-corrected chi connectivity index (χ2v) is 9.62. The average Bonchev–Trinajstić information content (AvgIpc) is 2.43. The molecule has 138 valence electrons. The van der Waals surface area contributed by atoms with E-state index in [0.29, 0.717) is 16.9 Å². The van der Waals surface area contributed by atoms with Crippen molar-refractivity contribution in [3.8, 4) is 5.75 Å². The lowest BCUT2D eigenvalue weighted by Crippen LogP contribution is -2.41. The van der Waals surface area contributed by atoms with E-state index in [9.17, 15) is 16.8 Å². The van der Waals surface area contributed by atoms with Crippen LogP contribution in [0.2, 0.25) is 0 Å². The number of hydrogen-bond acceptors (Lipinski definition) is 5. The second kappa shape index (κ2) is 7.81. The molecule has 1 N–H and O–H groups in total. The number of sulfonamides is 2. The molecule has 0 aliphatic carbocycles. The van der Waals surface area contributed by atoms with Crippen molar-refractivity contribution in [1.82, 2.24) is 9.03 Å². The highest BCUT2D eigenvalue weighted by molar-refractivity contribution is 7.89. The van der Waals surface area contributed by atoms with Crippen LogP contribution in [-0.2, 0) is 20.0 Å². The minimum Gasteiger partial charge on any atom is -0.496 e. The third-order valence-electron chi connectivity index (χ3n) is 3.61. The first-order chi connectivity index (χ1) is 10.9. The summed E-state index contributed by atoms with van der Waals surface area (Å²) in [7, 11) is -5.59. The normalized spacial score (nSPS) is 12.8. The molecule has 0 spiro atoms. The number of methoxy groups -OCH3 is 1. The maximum Gasteiger partial charge on any atom is 0.240 e. The fourth-order valence-corrected chi connectivity index (χ4v) is 4.97. The van der Waals surface area contributed by atoms with Gasteiger partial charge in [0.25, 0.3) is 0 Å². The molecule has 0 bridgehead atoms. The Morgan fingerprint density at radius 3 is 2.17 bits per heavy atom. The quantitative estimate of drug-likeness (QED) is 0.735. The smallest absolute Gasteiger partial charge is 0.240 e. The van der Waals surface area contributed by atoms with Crippen molar-refractivity contribution in [3.05, 3.63) is 23.3 Å². The second-order valence-electron chi connectivity index (χ2n) is 5.95. The zero-order chi connectivity index (χ0) is 18.7. The fraction of sp³-hybridized carbons (Fsp3) is 0.600. The number of nitrogens with one attached hydrogen (secondary N) is 1. The zero-order valence-electron chi connectivity index (χ0n) is 15.0. The molecule has 24 heavy (non-hydrogen) atoms. The number of nitrogens with zero attached hydrogens (tertiary/aromatic N) is 1. The van der Waals surface area contributed by atoms with E-state index in [4.69, 9.17) is 4.74 Å². The number of ether oxygens (including phenoxy) is 1. The maximum atomic E-state index is 12.5. The van der Waals surface area contributed by atoms with Crippen LogP contribution in [0.15, 0.2) is 17.0 Å². The molecule has 1 aromatic rings. The summed E-state index contributed by atoms with van der Waals surface area (Å²) in [4.78, 5) is 0.163. The van der Waals surface area contributed by atoms with Crippen LogP contribution in [0.4, 0.5) is 0 Å². The summed E-state index contributed by atoms with van der Waals surface area (Å²) in [6.45, 7) is 7.01. The molecule has 0 saturated carbocycles. The first-order valence-electron chi connectivity index (χ1n) is 7.52. The van der Waals surface area contributed by atoms with Crippen molar-refractivity contribution < 1.29 is 21.6 Å². The summed E-state index contributed by atoms with van der Waals surface area (Å²) in [5.41, 5.74) is 1.28. The minimum atomic E-state index is -3.73. The summed E-state index contributed by atoms with van der Waals surface area (Å²) >= 11 is 0. The molecule has 9 heteroatoms. The number of aryl methyl sites for hydroxylation is 2. The molecule has 0 radical (unpaired) electrons. The van der Waals surface area contributed by atoms with Crippen molar-refractivity contribution in [2.45, 2.75) is 38.6 Å². The molecule has 0 atom stereocenters. The number of rotatable bonds is 8. The van der Waals surface area contributed by atoms with Gasteiger partial charge in [-0.3, -0.25) is 0 Å². The Kier molecular flexibility index (Phi) is 6.80. The van der Waals surface area contributed by atoms with Gasteiger partial charge < -0.3 is 4.74 Å². The van der Waals surface area contributed by atoms with Gasteiger partial charge in [0.2, 0.25) is 20.0 Å². The number of benzene rings is 1. The van der Waals surface area contributed by atoms with Crippen LogP contribution in [0.3, 0.4) is 0 Å². The first kappa shape index (κ1) is 20.9. The Morgan fingerprint density at radius 2 is 1.71 bits per heavy atom. The van der Waals surface area contributed by atoms with Crippen LogP contribution in [0.5, 0.6) is 5.75 Å². The highest BCUT2D eigenvalue weighted by atomic mass is 32.2. The van der Waals surface area contributed by atoms with Gasteiger partial charge in [0.15, 0.2) is 0 Å². The minimum absolute atomic E-state index is 0.00188. The predicted octanol–water partition coefficient (Wildman–Crippen LogP) is 1.26. The molecule has 0 aromatic heterocycles. The molecule has 0 saturated heterocycles. The van der Waals surface area contributed by atoms with Gasteiger partial charge in [-0.25, -0.2) is 21.6 Å². The molecule has 0 amide bonds. The van der Waals surface area contributed by atoms with E-state index in [2.05, 4.69) is 4.72 Å². The van der Waals surface area contributed by atoms with Gasteiger partial charge in [-0.1, -0.05) is 0 Å². The zero-order valence-corrected chi connectivity index (χ0v) is 16.6. The Bertz CT molecular complexity index is 786. The third-order valence-corrected chi connectivity index (χ3v) is 6.67. The van der Waals surface area contributed by atoms with Gasteiger partial charge >= 0.3 is 0 Å². The van der Waals surface area contributed by atoms with Gasteiger partial charge in [0.1, 0.15) is 5.75 Å². The Balaban J connectivity index is 2.94. The third kappa shape index (κ3) is 5.17. The Morgan fingerprint density at radius 1 is 1.12 bits per heavy atom. The van der Waals surface area contributed by atoms with E-state index in [1.54, 1.807) is 39.8 Å². The lowest BCUT2D eigenvalue weighted by Gasteiger charge is -2.24. The van der Waals surface area contributed by atoms with Crippen molar-refractivity contribution in [2.75, 3.05) is 26.5 Å². The van der Waals surface area contributed by atoms with Crippen LogP contribution in [0.1, 0.15) is 25.0 Å². The lowest BCUT2D eigenvalue weighted by atomic mass is 10.1. The first-order valence-corrected chi connectivity index (χ1v) is 10.8. The van der Waals surface area contributed by atoms with E-state index in [0.717, 1.165) is 6.26 Å². The van der Waals surface area contributed by atoms with Crippen LogP contribution in [0, 0.1) is 13.8 Å². The lowest BCUT2D eigenvalue weighted by molar-refractivity contribution is 0.360. The largest absolute Gasteiger partial charge is 0.496 e. The highest BCUT2D eigenvalue weighted by Crippen LogP contribution is 2.25. The van der Waals surface area contributed by atoms with Crippen molar-refractivity contribution in [3.63, 3.8) is 0 Å². The standard InChI is InChI=1S/C15H26N2O5S2/c1-11(2)17(23(6,18)19)8-7-16-24(20,21)15-10-12(3)14(22-5)9-13(15)4/h9-11,16H,7-8H2,1-6H3. The van der Waals surface area contributed by atoms with Gasteiger partial charge in [-0.2, -0.15) is 4.31 Å². The summed E-state index contributed by atoms with van der Waals surface area (Å²) in [6.07, 6.45) is 1.11. The molecule has 0 aliphatic heterocycles. The molecule has 0 aliphatic rings. The van der Waals surface area contributed by atoms with E-state index in [-0.39, 0.29) is 24.0 Å². The Hall–Kier alpha value is -1.16. The van der Waals surface area contributed by atoms with Crippen molar-refractivity contribution in [1.29, 1.82) is 0 Å². The van der Waals surface area contributed by atoms with Crippen molar-refractivity contribution >= 4 is 20.0 Å². The topological polar surface area (TPSA) is 92.8 Å². The van der Waals surface area contributed by atoms with Crippen LogP contribution < -0.4 is 9.46 Å². The average molecular weight is 379 g/mol. The van der Waals surface area contributed by atoms with Crippen LogP contribution >= 0.6 is 0 Å². The van der Waals surface area contributed by atoms with Crippen LogP contribution in [-0.4, -0.2) is 53.6 Å². The molecule has 1 rings (SSSR count). The molecule has 7 nitrogen and oxygen atoms in total. The van der Waals surface area contributed by atoms with Gasteiger partial charge in [-0.15, -0.1) is 0 Å². The van der Waals surface area contributed by atoms with Crippen LogP contribution in [0.25, 0.3) is 0 Å². The fourth-order valence-electron chi connectivity index (χ4n) is 2.45. The van der Waals surface area contributed by atoms with E-state index < -0.39 is 20.0 Å². The van der Waals surface area contributed by atoms with E-state index in [1.165, 1.54) is 11.4 Å². The maximum absolute atomic E-state index is 12.5. The van der Waals surface area contributed by atoms with Gasteiger partial charge in [0, 0.05) is 19.1 Å². The van der Waals surface area contributed by atoms with Gasteiger partial charge in [-0.05, 0) is 51.0 Å². The monoisotopic (exact) mass is 378 g/mol. The van der Waals surface area contributed by atoms with E-state index in [1.807, 2.05) is 0 Å². The summed E-state index contributed by atoms with van der Waals surface area (Å²) in [5, 5.41) is 0. The summed E-state index contributed by atoms with van der Waals surface area (Å²) in [5.74, 6) is 0.620. The summed E-state index contributed by atoms with van der Waals surface area (Å²) in [6, 6.07) is 2.98.